The normalized spacial score (nSPS) is 59.4. The fraction of sp³-hybridized carbons (Fsp3) is 0.909. The molecule has 3 rings (SSSR count). The number of sulfone groups is 1. The van der Waals surface area contributed by atoms with Gasteiger partial charge >= 0.3 is 0 Å². The van der Waals surface area contributed by atoms with Gasteiger partial charge < -0.3 is 0 Å². The van der Waals surface area contributed by atoms with Crippen LogP contribution in [0.3, 0.4) is 0 Å². The molecule has 4 atom stereocenters. The number of nitriles is 1. The monoisotopic (exact) mass is 225 g/mol. The summed E-state index contributed by atoms with van der Waals surface area (Å²) in [6, 6.07) is 2.17. The van der Waals surface area contributed by atoms with Gasteiger partial charge in [0.15, 0.2) is 14.6 Å². The van der Waals surface area contributed by atoms with Crippen molar-refractivity contribution in [3.8, 4) is 6.07 Å². The van der Waals surface area contributed by atoms with Gasteiger partial charge in [0.1, 0.15) is 0 Å². The molecule has 15 heavy (non-hydrogen) atoms. The Kier molecular flexibility index (Phi) is 1.35. The van der Waals surface area contributed by atoms with Crippen LogP contribution in [0.2, 0.25) is 0 Å². The quantitative estimate of drug-likeness (QED) is 0.627. The van der Waals surface area contributed by atoms with Crippen LogP contribution in [-0.2, 0) is 9.84 Å². The van der Waals surface area contributed by atoms with Gasteiger partial charge in [-0.2, -0.15) is 5.26 Å². The van der Waals surface area contributed by atoms with Crippen molar-refractivity contribution in [2.45, 2.75) is 37.9 Å². The van der Waals surface area contributed by atoms with Crippen molar-refractivity contribution < 1.29 is 8.42 Å². The molecule has 0 aromatic rings. The van der Waals surface area contributed by atoms with Gasteiger partial charge in [0.2, 0.25) is 0 Å². The van der Waals surface area contributed by atoms with Crippen LogP contribution in [0, 0.1) is 28.1 Å². The van der Waals surface area contributed by atoms with Crippen LogP contribution in [0.1, 0.15) is 33.1 Å². The fourth-order valence-corrected chi connectivity index (χ4v) is 7.79. The predicted octanol–water partition coefficient (Wildman–Crippen LogP) is 1.50. The minimum Gasteiger partial charge on any atom is -0.227 e. The Bertz CT molecular complexity index is 491. The Morgan fingerprint density at radius 2 is 2.07 bits per heavy atom. The molecular formula is C11H15NO2S. The molecule has 0 aromatic heterocycles. The number of hydrogen-bond donors (Lipinski definition) is 0. The minimum atomic E-state index is -3.21. The molecule has 1 heterocycles. The van der Waals surface area contributed by atoms with Gasteiger partial charge in [0.05, 0.1) is 11.8 Å². The summed E-state index contributed by atoms with van der Waals surface area (Å²) in [6.45, 7) is 4.10. The highest BCUT2D eigenvalue weighted by Crippen LogP contribution is 2.76. The molecule has 0 radical (unpaired) electrons. The Balaban J connectivity index is 2.36. The zero-order chi connectivity index (χ0) is 11.1. The van der Waals surface area contributed by atoms with E-state index in [0.29, 0.717) is 12.3 Å². The van der Waals surface area contributed by atoms with Crippen molar-refractivity contribution in [1.82, 2.24) is 0 Å². The van der Waals surface area contributed by atoms with E-state index in [2.05, 4.69) is 13.0 Å². The van der Waals surface area contributed by atoms with Gasteiger partial charge in [0.25, 0.3) is 0 Å². The number of rotatable bonds is 0. The molecule has 0 N–H and O–H groups in total. The lowest BCUT2D eigenvalue weighted by Gasteiger charge is -2.35. The average molecular weight is 225 g/mol. The molecule has 1 saturated heterocycles. The summed E-state index contributed by atoms with van der Waals surface area (Å²) in [5.41, 5.74) is -0.431. The maximum absolute atomic E-state index is 12.2. The van der Waals surface area contributed by atoms with E-state index in [1.165, 1.54) is 0 Å². The second kappa shape index (κ2) is 2.10. The SMILES string of the molecule is CC12CS(=O)(=O)C3(C#N)CC1CCC23C. The first-order valence-electron chi connectivity index (χ1n) is 5.47. The second-order valence-electron chi connectivity index (χ2n) is 5.89. The van der Waals surface area contributed by atoms with E-state index in [1.54, 1.807) is 0 Å². The van der Waals surface area contributed by atoms with E-state index in [9.17, 15) is 13.7 Å². The topological polar surface area (TPSA) is 57.9 Å². The highest BCUT2D eigenvalue weighted by Gasteiger charge is 2.81. The van der Waals surface area contributed by atoms with Crippen LogP contribution in [0.4, 0.5) is 0 Å². The molecular weight excluding hydrogens is 210 g/mol. The molecule has 0 aromatic carbocycles. The Hall–Kier alpha value is -0.560. The summed E-state index contributed by atoms with van der Waals surface area (Å²) in [5, 5.41) is 9.35. The van der Waals surface area contributed by atoms with Crippen molar-refractivity contribution >= 4 is 9.84 Å². The van der Waals surface area contributed by atoms with Crippen LogP contribution in [0.5, 0.6) is 0 Å². The molecule has 4 bridgehead atoms. The molecule has 2 aliphatic carbocycles. The molecule has 3 nitrogen and oxygen atoms in total. The number of nitrogens with zero attached hydrogens (tertiary/aromatic N) is 1. The first-order chi connectivity index (χ1) is 6.83. The van der Waals surface area contributed by atoms with Crippen LogP contribution in [0.15, 0.2) is 0 Å². The van der Waals surface area contributed by atoms with Crippen molar-refractivity contribution in [2.75, 3.05) is 5.75 Å². The van der Waals surface area contributed by atoms with Crippen molar-refractivity contribution in [1.29, 1.82) is 5.26 Å². The lowest BCUT2D eigenvalue weighted by atomic mass is 9.67. The largest absolute Gasteiger partial charge is 0.227 e. The average Bonchev–Trinajstić information content (AvgIpc) is 2.53. The molecule has 4 heteroatoms. The van der Waals surface area contributed by atoms with Crippen LogP contribution < -0.4 is 0 Å². The third-order valence-corrected chi connectivity index (χ3v) is 8.53. The Morgan fingerprint density at radius 1 is 1.40 bits per heavy atom. The first-order valence-corrected chi connectivity index (χ1v) is 7.12. The van der Waals surface area contributed by atoms with Crippen LogP contribution in [0.25, 0.3) is 0 Å². The lowest BCUT2D eigenvalue weighted by molar-refractivity contribution is 0.162. The van der Waals surface area contributed by atoms with Gasteiger partial charge in [-0.25, -0.2) is 8.42 Å². The molecule has 3 fully saturated rings. The van der Waals surface area contributed by atoms with Crippen molar-refractivity contribution in [3.05, 3.63) is 0 Å². The summed E-state index contributed by atoms with van der Waals surface area (Å²) < 4.78 is 23.3. The Labute approximate surface area is 90.4 Å². The van der Waals surface area contributed by atoms with Gasteiger partial charge in [-0.05, 0) is 30.6 Å². The van der Waals surface area contributed by atoms with E-state index < -0.39 is 14.6 Å². The van der Waals surface area contributed by atoms with E-state index >= 15 is 0 Å². The second-order valence-corrected chi connectivity index (χ2v) is 8.10. The number of hydrogen-bond acceptors (Lipinski definition) is 3. The summed E-state index contributed by atoms with van der Waals surface area (Å²) in [4.78, 5) is 0. The zero-order valence-corrected chi connectivity index (χ0v) is 9.89. The Morgan fingerprint density at radius 3 is 2.53 bits per heavy atom. The van der Waals surface area contributed by atoms with E-state index in [4.69, 9.17) is 0 Å². The summed E-state index contributed by atoms with van der Waals surface area (Å²) in [5.74, 6) is 0.681. The summed E-state index contributed by atoms with van der Waals surface area (Å²) in [6.07, 6.45) is 2.59. The molecule has 2 saturated carbocycles. The van der Waals surface area contributed by atoms with Crippen molar-refractivity contribution in [3.63, 3.8) is 0 Å². The molecule has 82 valence electrons. The first kappa shape index (κ1) is 9.65. The molecule has 0 spiro atoms. The molecule has 4 unspecified atom stereocenters. The van der Waals surface area contributed by atoms with Crippen LogP contribution in [-0.4, -0.2) is 18.9 Å². The van der Waals surface area contributed by atoms with Gasteiger partial charge in [-0.15, -0.1) is 0 Å². The van der Waals surface area contributed by atoms with Crippen molar-refractivity contribution in [2.24, 2.45) is 16.7 Å². The van der Waals surface area contributed by atoms with Gasteiger partial charge in [-0.3, -0.25) is 0 Å². The molecule has 3 aliphatic rings. The van der Waals surface area contributed by atoms with Crippen LogP contribution >= 0.6 is 0 Å². The lowest BCUT2D eigenvalue weighted by Crippen LogP contribution is -2.45. The third kappa shape index (κ3) is 0.640. The van der Waals surface area contributed by atoms with E-state index in [-0.39, 0.29) is 16.6 Å². The zero-order valence-electron chi connectivity index (χ0n) is 9.08. The van der Waals surface area contributed by atoms with E-state index in [1.807, 2.05) is 6.92 Å². The smallest absolute Gasteiger partial charge is 0.170 e. The summed E-state index contributed by atoms with van der Waals surface area (Å²) in [7, 11) is -3.21. The predicted molar refractivity (Wildman–Crippen MR) is 55.7 cm³/mol. The highest BCUT2D eigenvalue weighted by molar-refractivity contribution is 7.93. The highest BCUT2D eigenvalue weighted by atomic mass is 32.2. The maximum atomic E-state index is 12.2. The minimum absolute atomic E-state index is 0.137. The maximum Gasteiger partial charge on any atom is 0.170 e. The standard InChI is InChI=1S/C11H15NO2S/c1-9-7-15(13,14)11(6-12)5-8(9)3-4-10(9,11)2/h8H,3-5,7H2,1-2H3. The molecule has 0 amide bonds. The van der Waals surface area contributed by atoms with Gasteiger partial charge in [-0.1, -0.05) is 13.8 Å². The molecule has 1 aliphatic heterocycles. The third-order valence-electron chi connectivity index (χ3n) is 5.78. The van der Waals surface area contributed by atoms with Gasteiger partial charge in [0, 0.05) is 5.41 Å². The summed E-state index contributed by atoms with van der Waals surface area (Å²) >= 11 is 0. The van der Waals surface area contributed by atoms with E-state index in [0.717, 1.165) is 12.8 Å². The fourth-order valence-electron chi connectivity index (χ4n) is 4.58.